The first-order valence-corrected chi connectivity index (χ1v) is 10.1. The Bertz CT molecular complexity index is 1230. The Morgan fingerprint density at radius 2 is 1.00 bits per heavy atom. The molecule has 3 aromatic rings. The van der Waals surface area contributed by atoms with Gasteiger partial charge in [0.1, 0.15) is 0 Å². The number of carbonyl (C=O) groups excluding carboxylic acids is 4. The average Bonchev–Trinajstić information content (AvgIpc) is 2.90. The first-order valence-electron chi connectivity index (χ1n) is 10.1. The van der Waals surface area contributed by atoms with Crippen molar-refractivity contribution in [3.8, 4) is 22.3 Å². The molecule has 0 aliphatic heterocycles. The van der Waals surface area contributed by atoms with Crippen LogP contribution in [0.3, 0.4) is 0 Å². The molecule has 0 saturated carbocycles. The van der Waals surface area contributed by atoms with Crippen LogP contribution >= 0.6 is 0 Å². The van der Waals surface area contributed by atoms with E-state index in [0.717, 1.165) is 0 Å². The van der Waals surface area contributed by atoms with Gasteiger partial charge in [-0.15, -0.1) is 0 Å². The van der Waals surface area contributed by atoms with Crippen LogP contribution in [0.1, 0.15) is 41.4 Å². The van der Waals surface area contributed by atoms with Crippen molar-refractivity contribution < 1.29 is 38.1 Å². The Morgan fingerprint density at radius 3 is 1.47 bits per heavy atom. The minimum atomic E-state index is -0.678. The van der Waals surface area contributed by atoms with Gasteiger partial charge in [0, 0.05) is 5.56 Å². The van der Waals surface area contributed by atoms with Gasteiger partial charge >= 0.3 is 23.9 Å². The van der Waals surface area contributed by atoms with E-state index in [1.807, 2.05) is 6.07 Å². The molecule has 0 atom stereocenters. The minimum Gasteiger partial charge on any atom is -0.465 e. The number of benzene rings is 3. The minimum absolute atomic E-state index is 0.0840. The number of hydrogen-bond acceptors (Lipinski definition) is 8. The fourth-order valence-corrected chi connectivity index (χ4v) is 3.55. The average molecular weight is 462 g/mol. The van der Waals surface area contributed by atoms with Gasteiger partial charge in [0.25, 0.3) is 0 Å². The maximum Gasteiger partial charge on any atom is 0.338 e. The van der Waals surface area contributed by atoms with Gasteiger partial charge in [0.05, 0.1) is 50.7 Å². The summed E-state index contributed by atoms with van der Waals surface area (Å²) >= 11 is 0. The monoisotopic (exact) mass is 462 g/mol. The highest BCUT2D eigenvalue weighted by atomic mass is 16.5. The van der Waals surface area contributed by atoms with Crippen LogP contribution in [0, 0.1) is 0 Å². The molecule has 8 heteroatoms. The SMILES string of the molecule is COC(=O)c1cc(C(=O)OC)cc(-c2cc(C(=O)OC)cc(C(=O)OC)c2-c2ccccc2)c1. The molecule has 0 aromatic heterocycles. The molecule has 0 amide bonds. The summed E-state index contributed by atoms with van der Waals surface area (Å²) in [5.41, 5.74) is 2.22. The molecular formula is C26H22O8. The van der Waals surface area contributed by atoms with E-state index in [0.29, 0.717) is 22.3 Å². The van der Waals surface area contributed by atoms with Crippen LogP contribution in [0.15, 0.2) is 60.7 Å². The van der Waals surface area contributed by atoms with Crippen LogP contribution in [-0.2, 0) is 18.9 Å². The fraction of sp³-hybridized carbons (Fsp3) is 0.154. The quantitative estimate of drug-likeness (QED) is 0.397. The molecule has 0 aliphatic rings. The molecule has 0 heterocycles. The van der Waals surface area contributed by atoms with Gasteiger partial charge in [-0.2, -0.15) is 0 Å². The maximum atomic E-state index is 12.8. The lowest BCUT2D eigenvalue weighted by Crippen LogP contribution is -2.11. The Labute approximate surface area is 196 Å². The third-order valence-corrected chi connectivity index (χ3v) is 5.11. The number of ether oxygens (including phenoxy) is 4. The topological polar surface area (TPSA) is 105 Å². The third-order valence-electron chi connectivity index (χ3n) is 5.11. The van der Waals surface area contributed by atoms with E-state index < -0.39 is 23.9 Å². The second-order valence-corrected chi connectivity index (χ2v) is 7.08. The van der Waals surface area contributed by atoms with Crippen LogP contribution < -0.4 is 0 Å². The smallest absolute Gasteiger partial charge is 0.338 e. The highest BCUT2D eigenvalue weighted by molar-refractivity contribution is 6.07. The standard InChI is InChI=1S/C26H22O8/c1-31-23(27)17-10-16(11-18(12-17)24(28)32-2)20-13-19(25(29)33-3)14-21(26(30)34-4)22(20)15-8-6-5-7-9-15/h5-14H,1-4H3. The van der Waals surface area contributed by atoms with Gasteiger partial charge < -0.3 is 18.9 Å². The third kappa shape index (κ3) is 4.80. The predicted molar refractivity (Wildman–Crippen MR) is 123 cm³/mol. The zero-order chi connectivity index (χ0) is 24.8. The molecule has 0 aliphatic carbocycles. The van der Waals surface area contributed by atoms with Crippen molar-refractivity contribution in [3.05, 3.63) is 82.9 Å². The van der Waals surface area contributed by atoms with Crippen molar-refractivity contribution in [2.45, 2.75) is 0 Å². The van der Waals surface area contributed by atoms with Crippen LogP contribution in [0.2, 0.25) is 0 Å². The Hall–Kier alpha value is -4.46. The largest absolute Gasteiger partial charge is 0.465 e. The highest BCUT2D eigenvalue weighted by Gasteiger charge is 2.24. The normalized spacial score (nSPS) is 10.2. The van der Waals surface area contributed by atoms with Crippen molar-refractivity contribution in [1.82, 2.24) is 0 Å². The Morgan fingerprint density at radius 1 is 0.529 bits per heavy atom. The molecule has 3 aromatic carbocycles. The summed E-state index contributed by atoms with van der Waals surface area (Å²) in [6, 6.07) is 16.2. The molecular weight excluding hydrogens is 440 g/mol. The van der Waals surface area contributed by atoms with E-state index in [9.17, 15) is 19.2 Å². The molecule has 174 valence electrons. The zero-order valence-electron chi connectivity index (χ0n) is 19.0. The molecule has 0 spiro atoms. The van der Waals surface area contributed by atoms with Gasteiger partial charge in [0.15, 0.2) is 0 Å². The number of hydrogen-bond donors (Lipinski definition) is 0. The summed E-state index contributed by atoms with van der Waals surface area (Å²) < 4.78 is 19.5. The van der Waals surface area contributed by atoms with Crippen LogP contribution in [-0.4, -0.2) is 52.3 Å². The summed E-state index contributed by atoms with van der Waals surface area (Å²) in [7, 11) is 4.89. The summed E-state index contributed by atoms with van der Waals surface area (Å²) in [5.74, 6) is -2.71. The first kappa shape index (κ1) is 24.2. The van der Waals surface area contributed by atoms with E-state index in [2.05, 4.69) is 0 Å². The molecule has 0 fully saturated rings. The fourth-order valence-electron chi connectivity index (χ4n) is 3.55. The molecule has 0 radical (unpaired) electrons. The molecule has 34 heavy (non-hydrogen) atoms. The van der Waals surface area contributed by atoms with Crippen molar-refractivity contribution >= 4 is 23.9 Å². The van der Waals surface area contributed by atoms with E-state index >= 15 is 0 Å². The molecule has 8 nitrogen and oxygen atoms in total. The summed E-state index contributed by atoms with van der Waals surface area (Å²) in [5, 5.41) is 0. The summed E-state index contributed by atoms with van der Waals surface area (Å²) in [4.78, 5) is 49.9. The second-order valence-electron chi connectivity index (χ2n) is 7.08. The maximum absolute atomic E-state index is 12.8. The van der Waals surface area contributed by atoms with Crippen molar-refractivity contribution in [2.75, 3.05) is 28.4 Å². The second kappa shape index (κ2) is 10.4. The number of carbonyl (C=O) groups is 4. The first-order chi connectivity index (χ1) is 16.3. The lowest BCUT2D eigenvalue weighted by Gasteiger charge is -2.17. The summed E-state index contributed by atoms with van der Waals surface area (Å²) in [6.45, 7) is 0. The van der Waals surface area contributed by atoms with Crippen molar-refractivity contribution in [1.29, 1.82) is 0 Å². The predicted octanol–water partition coefficient (Wildman–Crippen LogP) is 4.17. The molecule has 0 saturated heterocycles. The van der Waals surface area contributed by atoms with Gasteiger partial charge in [-0.1, -0.05) is 30.3 Å². The Kier molecular flexibility index (Phi) is 7.43. The lowest BCUT2D eigenvalue weighted by atomic mass is 9.87. The van der Waals surface area contributed by atoms with Crippen molar-refractivity contribution in [3.63, 3.8) is 0 Å². The molecule has 3 rings (SSSR count). The lowest BCUT2D eigenvalue weighted by molar-refractivity contribution is 0.0581. The van der Waals surface area contributed by atoms with E-state index in [1.54, 1.807) is 24.3 Å². The van der Waals surface area contributed by atoms with Crippen LogP contribution in [0.25, 0.3) is 22.3 Å². The van der Waals surface area contributed by atoms with Crippen LogP contribution in [0.4, 0.5) is 0 Å². The zero-order valence-corrected chi connectivity index (χ0v) is 19.0. The number of esters is 4. The van der Waals surface area contributed by atoms with Gasteiger partial charge in [0.2, 0.25) is 0 Å². The molecule has 0 bridgehead atoms. The van der Waals surface area contributed by atoms with Gasteiger partial charge in [-0.3, -0.25) is 0 Å². The number of methoxy groups -OCH3 is 4. The number of rotatable bonds is 6. The Balaban J connectivity index is 2.47. The van der Waals surface area contributed by atoms with Crippen LogP contribution in [0.5, 0.6) is 0 Å². The van der Waals surface area contributed by atoms with Crippen molar-refractivity contribution in [2.24, 2.45) is 0 Å². The molecule has 0 N–H and O–H groups in total. The summed E-state index contributed by atoms with van der Waals surface area (Å²) in [6.07, 6.45) is 0. The van der Waals surface area contributed by atoms with E-state index in [1.165, 1.54) is 58.8 Å². The van der Waals surface area contributed by atoms with E-state index in [4.69, 9.17) is 18.9 Å². The highest BCUT2D eigenvalue weighted by Crippen LogP contribution is 2.38. The van der Waals surface area contributed by atoms with Gasteiger partial charge in [-0.25, -0.2) is 19.2 Å². The van der Waals surface area contributed by atoms with Gasteiger partial charge in [-0.05, 0) is 47.0 Å². The van der Waals surface area contributed by atoms with E-state index in [-0.39, 0.29) is 22.3 Å². The molecule has 0 unspecified atom stereocenters.